The van der Waals surface area contributed by atoms with Crippen LogP contribution in [-0.2, 0) is 0 Å². The number of nitrogens with zero attached hydrogens (tertiary/aromatic N) is 4. The lowest BCUT2D eigenvalue weighted by atomic mass is 10.2. The molecule has 3 rings (SSSR count). The molecule has 2 aromatic rings. The van der Waals surface area contributed by atoms with Gasteiger partial charge in [0.25, 0.3) is 0 Å². The van der Waals surface area contributed by atoms with Gasteiger partial charge in [-0.05, 0) is 41.8 Å². The highest BCUT2D eigenvalue weighted by Gasteiger charge is 2.29. The van der Waals surface area contributed by atoms with Crippen molar-refractivity contribution >= 4 is 21.7 Å². The third kappa shape index (κ3) is 2.58. The predicted molar refractivity (Wildman–Crippen MR) is 76.9 cm³/mol. The zero-order chi connectivity index (χ0) is 13.2. The second kappa shape index (κ2) is 5.21. The van der Waals surface area contributed by atoms with Crippen molar-refractivity contribution in [3.8, 4) is 11.6 Å². The van der Waals surface area contributed by atoms with E-state index in [1.54, 1.807) is 18.5 Å². The Hall–Kier alpha value is -1.56. The van der Waals surface area contributed by atoms with Gasteiger partial charge in [-0.2, -0.15) is 0 Å². The van der Waals surface area contributed by atoms with Crippen molar-refractivity contribution in [2.45, 2.75) is 25.7 Å². The minimum Gasteiger partial charge on any atom is -0.369 e. The largest absolute Gasteiger partial charge is 0.369 e. The summed E-state index contributed by atoms with van der Waals surface area (Å²) in [6, 6.07) is 1.79. The number of nitrogens with one attached hydrogen (secondary N) is 1. The van der Waals surface area contributed by atoms with Gasteiger partial charge < -0.3 is 5.32 Å². The monoisotopic (exact) mass is 319 g/mol. The molecule has 0 radical (unpaired) electrons. The molecule has 1 fully saturated rings. The third-order valence-corrected chi connectivity index (χ3v) is 3.73. The Morgan fingerprint density at radius 3 is 2.58 bits per heavy atom. The summed E-state index contributed by atoms with van der Waals surface area (Å²) in [5.74, 6) is 2.51. The molecule has 0 aromatic carbocycles. The Balaban J connectivity index is 2.09. The molecule has 0 spiro atoms. The van der Waals surface area contributed by atoms with Gasteiger partial charge in [-0.15, -0.1) is 0 Å². The molecule has 2 aromatic heterocycles. The Kier molecular flexibility index (Phi) is 3.42. The van der Waals surface area contributed by atoms with E-state index in [9.17, 15) is 0 Å². The summed E-state index contributed by atoms with van der Waals surface area (Å²) in [7, 11) is 0. The molecule has 0 saturated heterocycles. The molecule has 5 nitrogen and oxygen atoms in total. The van der Waals surface area contributed by atoms with Crippen molar-refractivity contribution in [3.63, 3.8) is 0 Å². The molecule has 0 aliphatic heterocycles. The normalized spacial score (nSPS) is 14.4. The second-order valence-corrected chi connectivity index (χ2v) is 5.27. The maximum Gasteiger partial charge on any atom is 0.200 e. The maximum absolute atomic E-state index is 4.62. The van der Waals surface area contributed by atoms with Crippen molar-refractivity contribution in [1.29, 1.82) is 0 Å². The van der Waals surface area contributed by atoms with Crippen molar-refractivity contribution < 1.29 is 0 Å². The average molecular weight is 320 g/mol. The van der Waals surface area contributed by atoms with Crippen molar-refractivity contribution in [2.24, 2.45) is 0 Å². The molecule has 1 saturated carbocycles. The molecule has 0 amide bonds. The highest BCUT2D eigenvalue weighted by atomic mass is 79.9. The molecule has 98 valence electrons. The highest BCUT2D eigenvalue weighted by Crippen LogP contribution is 2.44. The highest BCUT2D eigenvalue weighted by molar-refractivity contribution is 9.10. The van der Waals surface area contributed by atoms with Crippen LogP contribution in [0, 0.1) is 0 Å². The van der Waals surface area contributed by atoms with Crippen LogP contribution in [0.2, 0.25) is 0 Å². The van der Waals surface area contributed by atoms with Gasteiger partial charge in [-0.25, -0.2) is 19.9 Å². The van der Waals surface area contributed by atoms with Gasteiger partial charge in [0.05, 0.1) is 10.2 Å². The number of hydrogen-bond acceptors (Lipinski definition) is 5. The first-order valence-corrected chi connectivity index (χ1v) is 7.17. The van der Waals surface area contributed by atoms with Crippen LogP contribution in [0.5, 0.6) is 0 Å². The molecule has 1 aliphatic carbocycles. The first kappa shape index (κ1) is 12.5. The summed E-state index contributed by atoms with van der Waals surface area (Å²) in [5.41, 5.74) is 1.06. The molecular weight excluding hydrogens is 306 g/mol. The van der Waals surface area contributed by atoms with E-state index in [4.69, 9.17) is 0 Å². The molecule has 0 unspecified atom stereocenters. The number of halogens is 1. The number of hydrogen-bond donors (Lipinski definition) is 1. The van der Waals surface area contributed by atoms with Gasteiger partial charge in [0, 0.05) is 24.9 Å². The van der Waals surface area contributed by atoms with Gasteiger partial charge in [0.2, 0.25) is 0 Å². The third-order valence-electron chi connectivity index (χ3n) is 2.95. The van der Waals surface area contributed by atoms with E-state index in [0.717, 1.165) is 22.5 Å². The number of aromatic nitrogens is 4. The summed E-state index contributed by atoms with van der Waals surface area (Å²) in [6.07, 6.45) is 5.79. The van der Waals surface area contributed by atoms with Crippen LogP contribution in [0.1, 0.15) is 31.4 Å². The fourth-order valence-electron chi connectivity index (χ4n) is 1.89. The Morgan fingerprint density at radius 1 is 1.21 bits per heavy atom. The smallest absolute Gasteiger partial charge is 0.200 e. The Morgan fingerprint density at radius 2 is 1.95 bits per heavy atom. The van der Waals surface area contributed by atoms with Gasteiger partial charge in [-0.1, -0.05) is 0 Å². The fraction of sp³-hybridized carbons (Fsp3) is 0.385. The van der Waals surface area contributed by atoms with Crippen LogP contribution >= 0.6 is 15.9 Å². The molecule has 6 heteroatoms. The summed E-state index contributed by atoms with van der Waals surface area (Å²) < 4.78 is 0.969. The number of rotatable bonds is 4. The maximum atomic E-state index is 4.62. The van der Waals surface area contributed by atoms with Crippen LogP contribution < -0.4 is 5.32 Å². The number of anilines is 1. The van der Waals surface area contributed by atoms with Gasteiger partial charge >= 0.3 is 0 Å². The van der Waals surface area contributed by atoms with Crippen LogP contribution in [0.15, 0.2) is 22.9 Å². The van der Waals surface area contributed by atoms with Gasteiger partial charge in [-0.3, -0.25) is 0 Å². The molecular formula is C13H14BrN5. The van der Waals surface area contributed by atoms with E-state index in [-0.39, 0.29) is 0 Å². The van der Waals surface area contributed by atoms with Crippen LogP contribution in [0.25, 0.3) is 11.6 Å². The molecule has 0 atom stereocenters. The van der Waals surface area contributed by atoms with Crippen molar-refractivity contribution in [2.75, 3.05) is 11.9 Å². The zero-order valence-electron chi connectivity index (χ0n) is 10.6. The van der Waals surface area contributed by atoms with E-state index < -0.39 is 0 Å². The lowest BCUT2D eigenvalue weighted by Crippen LogP contribution is -2.06. The Labute approximate surface area is 120 Å². The minimum atomic E-state index is 0.539. The van der Waals surface area contributed by atoms with Gasteiger partial charge in [0.1, 0.15) is 5.82 Å². The first-order chi connectivity index (χ1) is 9.29. The van der Waals surface area contributed by atoms with E-state index in [2.05, 4.69) is 41.2 Å². The predicted octanol–water partition coefficient (Wildman–Crippen LogP) is 3.01. The summed E-state index contributed by atoms with van der Waals surface area (Å²) >= 11 is 3.60. The van der Waals surface area contributed by atoms with E-state index >= 15 is 0 Å². The summed E-state index contributed by atoms with van der Waals surface area (Å²) in [5, 5.41) is 3.26. The van der Waals surface area contributed by atoms with E-state index in [1.165, 1.54) is 12.8 Å². The lowest BCUT2D eigenvalue weighted by molar-refractivity contribution is 0.957. The molecule has 2 heterocycles. The van der Waals surface area contributed by atoms with Crippen molar-refractivity contribution in [1.82, 2.24) is 19.9 Å². The SMILES string of the molecule is CCNc1nc(-c2ncccn2)nc(C2CC2)c1Br. The first-order valence-electron chi connectivity index (χ1n) is 6.38. The Bertz CT molecular complexity index is 583. The standard InChI is InChI=1S/C13H14BrN5/c1-2-15-11-9(14)10(8-4-5-8)18-13(19-11)12-16-6-3-7-17-12/h3,6-8H,2,4-5H2,1H3,(H,15,18,19). The van der Waals surface area contributed by atoms with Crippen LogP contribution in [0.4, 0.5) is 5.82 Å². The average Bonchev–Trinajstić information content (AvgIpc) is 3.27. The minimum absolute atomic E-state index is 0.539. The molecule has 1 N–H and O–H groups in total. The summed E-state index contributed by atoms with van der Waals surface area (Å²) in [4.78, 5) is 17.6. The second-order valence-electron chi connectivity index (χ2n) is 4.47. The molecule has 19 heavy (non-hydrogen) atoms. The molecule has 1 aliphatic rings. The van der Waals surface area contributed by atoms with Crippen LogP contribution in [0.3, 0.4) is 0 Å². The molecule has 0 bridgehead atoms. The van der Waals surface area contributed by atoms with E-state index in [1.807, 2.05) is 6.92 Å². The topological polar surface area (TPSA) is 63.6 Å². The zero-order valence-corrected chi connectivity index (χ0v) is 12.2. The quantitative estimate of drug-likeness (QED) is 0.938. The van der Waals surface area contributed by atoms with Crippen LogP contribution in [-0.4, -0.2) is 26.5 Å². The van der Waals surface area contributed by atoms with E-state index in [0.29, 0.717) is 17.6 Å². The summed E-state index contributed by atoms with van der Waals surface area (Å²) in [6.45, 7) is 2.86. The van der Waals surface area contributed by atoms with Crippen molar-refractivity contribution in [3.05, 3.63) is 28.6 Å². The lowest BCUT2D eigenvalue weighted by Gasteiger charge is -2.11. The van der Waals surface area contributed by atoms with Gasteiger partial charge in [0.15, 0.2) is 11.6 Å². The fourth-order valence-corrected chi connectivity index (χ4v) is 2.53.